The molecule has 0 radical (unpaired) electrons. The normalized spacial score (nSPS) is 15.1. The second kappa shape index (κ2) is 7.85. The van der Waals surface area contributed by atoms with Crippen molar-refractivity contribution in [2.75, 3.05) is 6.54 Å². The molecule has 1 aliphatic rings. The van der Waals surface area contributed by atoms with E-state index in [4.69, 9.17) is 0 Å². The van der Waals surface area contributed by atoms with Gasteiger partial charge < -0.3 is 4.90 Å². The Morgan fingerprint density at radius 3 is 2.54 bits per heavy atom. The van der Waals surface area contributed by atoms with Gasteiger partial charge in [0.15, 0.2) is 0 Å². The van der Waals surface area contributed by atoms with Gasteiger partial charge in [0, 0.05) is 29.9 Å². The maximum atomic E-state index is 13.2. The van der Waals surface area contributed by atoms with E-state index in [1.54, 1.807) is 22.9 Å². The summed E-state index contributed by atoms with van der Waals surface area (Å²) in [6, 6.07) is 6.62. The minimum atomic E-state index is -0.271. The van der Waals surface area contributed by atoms with Gasteiger partial charge in [-0.15, -0.1) is 0 Å². The number of carbonyl (C=O) groups excluding carboxylic acids is 1. The SMILES string of the molecule is CCN(C(=O)/C=C/c1c(C)nn(-c2ccc(F)cc2)c1C)C1CCCC1. The number of likely N-dealkylation sites (N-methyl/N-ethyl adjacent to an activating group) is 1. The first kappa shape index (κ1) is 18.4. The Morgan fingerprint density at radius 2 is 1.92 bits per heavy atom. The third-order valence-electron chi connectivity index (χ3n) is 5.20. The molecule has 138 valence electrons. The molecule has 0 unspecified atom stereocenters. The van der Waals surface area contributed by atoms with Gasteiger partial charge in [-0.3, -0.25) is 4.79 Å². The van der Waals surface area contributed by atoms with E-state index in [9.17, 15) is 9.18 Å². The minimum Gasteiger partial charge on any atom is -0.336 e. The summed E-state index contributed by atoms with van der Waals surface area (Å²) in [5.41, 5.74) is 3.52. The number of aryl methyl sites for hydroxylation is 1. The van der Waals surface area contributed by atoms with Gasteiger partial charge in [-0.1, -0.05) is 12.8 Å². The van der Waals surface area contributed by atoms with Crippen LogP contribution in [0.3, 0.4) is 0 Å². The van der Waals surface area contributed by atoms with E-state index in [2.05, 4.69) is 5.10 Å². The molecular formula is C21H26FN3O. The summed E-state index contributed by atoms with van der Waals surface area (Å²) in [6.07, 6.45) is 8.15. The number of halogens is 1. The number of hydrogen-bond donors (Lipinski definition) is 0. The number of rotatable bonds is 5. The first-order valence-corrected chi connectivity index (χ1v) is 9.32. The number of benzene rings is 1. The predicted molar refractivity (Wildman–Crippen MR) is 102 cm³/mol. The Bertz CT molecular complexity index is 801. The van der Waals surface area contributed by atoms with E-state index in [0.717, 1.165) is 42.0 Å². The summed E-state index contributed by atoms with van der Waals surface area (Å²) in [4.78, 5) is 14.6. The molecule has 2 aromatic rings. The molecule has 1 aliphatic carbocycles. The van der Waals surface area contributed by atoms with Crippen molar-refractivity contribution in [3.8, 4) is 5.69 Å². The van der Waals surface area contributed by atoms with E-state index < -0.39 is 0 Å². The van der Waals surface area contributed by atoms with Crippen molar-refractivity contribution < 1.29 is 9.18 Å². The fraction of sp³-hybridized carbons (Fsp3) is 0.429. The quantitative estimate of drug-likeness (QED) is 0.744. The second-order valence-electron chi connectivity index (χ2n) is 6.87. The highest BCUT2D eigenvalue weighted by molar-refractivity contribution is 5.92. The Morgan fingerprint density at radius 1 is 1.27 bits per heavy atom. The molecule has 26 heavy (non-hydrogen) atoms. The zero-order valence-electron chi connectivity index (χ0n) is 15.7. The maximum absolute atomic E-state index is 13.2. The van der Waals surface area contributed by atoms with Crippen molar-refractivity contribution in [1.29, 1.82) is 0 Å². The molecule has 1 saturated carbocycles. The van der Waals surface area contributed by atoms with E-state index in [0.29, 0.717) is 6.04 Å². The number of aromatic nitrogens is 2. The molecule has 3 rings (SSSR count). The van der Waals surface area contributed by atoms with Crippen LogP contribution in [-0.4, -0.2) is 33.2 Å². The van der Waals surface area contributed by atoms with Gasteiger partial charge in [0.05, 0.1) is 11.4 Å². The molecule has 0 saturated heterocycles. The summed E-state index contributed by atoms with van der Waals surface area (Å²) in [7, 11) is 0. The van der Waals surface area contributed by atoms with E-state index >= 15 is 0 Å². The molecule has 0 atom stereocenters. The van der Waals surface area contributed by atoms with Crippen molar-refractivity contribution in [3.63, 3.8) is 0 Å². The van der Waals surface area contributed by atoms with Crippen molar-refractivity contribution in [3.05, 3.63) is 53.1 Å². The highest BCUT2D eigenvalue weighted by Gasteiger charge is 2.24. The Balaban J connectivity index is 1.82. The highest BCUT2D eigenvalue weighted by Crippen LogP contribution is 2.24. The molecule has 0 aliphatic heterocycles. The van der Waals surface area contributed by atoms with Gasteiger partial charge in [0.1, 0.15) is 5.82 Å². The molecule has 1 heterocycles. The second-order valence-corrected chi connectivity index (χ2v) is 6.87. The van der Waals surface area contributed by atoms with Crippen LogP contribution in [0.5, 0.6) is 0 Å². The lowest BCUT2D eigenvalue weighted by molar-refractivity contribution is -0.127. The molecule has 0 spiro atoms. The topological polar surface area (TPSA) is 38.1 Å². The lowest BCUT2D eigenvalue weighted by atomic mass is 10.1. The highest BCUT2D eigenvalue weighted by atomic mass is 19.1. The average molecular weight is 355 g/mol. The lowest BCUT2D eigenvalue weighted by Gasteiger charge is -2.26. The van der Waals surface area contributed by atoms with Crippen molar-refractivity contribution in [2.45, 2.75) is 52.5 Å². The molecule has 0 bridgehead atoms. The zero-order valence-corrected chi connectivity index (χ0v) is 15.7. The fourth-order valence-electron chi connectivity index (χ4n) is 3.79. The van der Waals surface area contributed by atoms with Gasteiger partial charge in [-0.05, 0) is 64.0 Å². The number of carbonyl (C=O) groups is 1. The fourth-order valence-corrected chi connectivity index (χ4v) is 3.79. The molecule has 4 nitrogen and oxygen atoms in total. The first-order valence-electron chi connectivity index (χ1n) is 9.32. The third-order valence-corrected chi connectivity index (χ3v) is 5.20. The third kappa shape index (κ3) is 3.71. The van der Waals surface area contributed by atoms with E-state index in [1.165, 1.54) is 25.0 Å². The van der Waals surface area contributed by atoms with Crippen LogP contribution in [-0.2, 0) is 4.79 Å². The van der Waals surface area contributed by atoms with Gasteiger partial charge in [0.25, 0.3) is 0 Å². The Labute approximate surface area is 154 Å². The first-order chi connectivity index (χ1) is 12.5. The molecule has 1 aromatic carbocycles. The Hall–Kier alpha value is -2.43. The summed E-state index contributed by atoms with van der Waals surface area (Å²) in [6.45, 7) is 6.65. The predicted octanol–water partition coefficient (Wildman–Crippen LogP) is 4.43. The molecule has 0 N–H and O–H groups in total. The van der Waals surface area contributed by atoms with E-state index in [-0.39, 0.29) is 11.7 Å². The van der Waals surface area contributed by atoms with Gasteiger partial charge in [0.2, 0.25) is 5.91 Å². The Kier molecular flexibility index (Phi) is 5.55. The van der Waals surface area contributed by atoms with Crippen LogP contribution in [0, 0.1) is 19.7 Å². The minimum absolute atomic E-state index is 0.0627. The monoisotopic (exact) mass is 355 g/mol. The number of nitrogens with zero attached hydrogens (tertiary/aromatic N) is 3. The van der Waals surface area contributed by atoms with Crippen LogP contribution in [0.4, 0.5) is 4.39 Å². The van der Waals surface area contributed by atoms with Crippen LogP contribution in [0.25, 0.3) is 11.8 Å². The largest absolute Gasteiger partial charge is 0.336 e. The molecule has 1 fully saturated rings. The van der Waals surface area contributed by atoms with Crippen LogP contribution in [0.2, 0.25) is 0 Å². The van der Waals surface area contributed by atoms with Crippen LogP contribution in [0.1, 0.15) is 49.6 Å². The number of hydrogen-bond acceptors (Lipinski definition) is 2. The molecular weight excluding hydrogens is 329 g/mol. The van der Waals surface area contributed by atoms with Gasteiger partial charge in [-0.25, -0.2) is 9.07 Å². The summed E-state index contributed by atoms with van der Waals surface area (Å²) < 4.78 is 14.9. The van der Waals surface area contributed by atoms with Crippen LogP contribution < -0.4 is 0 Å². The van der Waals surface area contributed by atoms with Crippen LogP contribution in [0.15, 0.2) is 30.3 Å². The zero-order chi connectivity index (χ0) is 18.7. The summed E-state index contributed by atoms with van der Waals surface area (Å²) in [5, 5.41) is 4.55. The van der Waals surface area contributed by atoms with Crippen LogP contribution >= 0.6 is 0 Å². The van der Waals surface area contributed by atoms with Crippen molar-refractivity contribution >= 4 is 12.0 Å². The average Bonchev–Trinajstić information content (AvgIpc) is 3.24. The van der Waals surface area contributed by atoms with Crippen molar-refractivity contribution in [2.24, 2.45) is 0 Å². The molecule has 5 heteroatoms. The van der Waals surface area contributed by atoms with Crippen molar-refractivity contribution in [1.82, 2.24) is 14.7 Å². The van der Waals surface area contributed by atoms with Gasteiger partial charge in [-0.2, -0.15) is 5.10 Å². The summed E-state index contributed by atoms with van der Waals surface area (Å²) in [5.74, 6) is -0.208. The number of amides is 1. The molecule has 1 aromatic heterocycles. The lowest BCUT2D eigenvalue weighted by Crippen LogP contribution is -2.37. The smallest absolute Gasteiger partial charge is 0.246 e. The summed E-state index contributed by atoms with van der Waals surface area (Å²) >= 11 is 0. The van der Waals surface area contributed by atoms with Gasteiger partial charge >= 0.3 is 0 Å². The molecule has 1 amide bonds. The standard InChI is InChI=1S/C21H26FN3O/c1-4-24(18-7-5-6-8-18)21(26)14-13-20-15(2)23-25(16(20)3)19-11-9-17(22)10-12-19/h9-14,18H,4-8H2,1-3H3/b14-13+. The maximum Gasteiger partial charge on any atom is 0.246 e. The van der Waals surface area contributed by atoms with E-state index in [1.807, 2.05) is 31.7 Å².